The lowest BCUT2D eigenvalue weighted by Gasteiger charge is -2.34. The second-order valence-corrected chi connectivity index (χ2v) is 10.1. The van der Waals surface area contributed by atoms with Gasteiger partial charge < -0.3 is 19.7 Å². The number of nitrogens with zero attached hydrogens (tertiary/aromatic N) is 2. The molecule has 0 bridgehead atoms. The molecule has 0 aromatic heterocycles. The Bertz CT molecular complexity index is 1170. The van der Waals surface area contributed by atoms with E-state index in [1.807, 2.05) is 24.3 Å². The summed E-state index contributed by atoms with van der Waals surface area (Å²) in [6.07, 6.45) is -0.446. The van der Waals surface area contributed by atoms with Crippen molar-refractivity contribution in [2.75, 3.05) is 38.6 Å². The zero-order valence-corrected chi connectivity index (χ0v) is 19.6. The van der Waals surface area contributed by atoms with E-state index in [2.05, 4.69) is 5.32 Å². The molecule has 2 aliphatic heterocycles. The molecular weight excluding hydrogens is 446 g/mol. The lowest BCUT2D eigenvalue weighted by molar-refractivity contribution is -0.131. The number of carbonyl (C=O) groups excluding carboxylic acids is 2. The molecule has 1 fully saturated rings. The molecule has 0 radical (unpaired) electrons. The van der Waals surface area contributed by atoms with E-state index in [1.54, 1.807) is 31.9 Å². The minimum absolute atomic E-state index is 0.0414. The number of carbonyl (C=O) groups is 2. The number of rotatable bonds is 5. The Balaban J connectivity index is 1.43. The summed E-state index contributed by atoms with van der Waals surface area (Å²) in [4.78, 5) is 26.4. The maximum Gasteiger partial charge on any atom is 0.265 e. The first kappa shape index (κ1) is 23.1. The molecule has 2 aromatic rings. The van der Waals surface area contributed by atoms with Gasteiger partial charge in [0.15, 0.2) is 6.10 Å². The highest BCUT2D eigenvalue weighted by molar-refractivity contribution is 7.89. The van der Waals surface area contributed by atoms with Gasteiger partial charge >= 0.3 is 0 Å². The zero-order chi connectivity index (χ0) is 23.8. The molecule has 2 heterocycles. The Morgan fingerprint density at radius 2 is 1.82 bits per heavy atom. The van der Waals surface area contributed by atoms with Crippen LogP contribution in [-0.2, 0) is 26.0 Å². The van der Waals surface area contributed by atoms with Gasteiger partial charge in [-0.25, -0.2) is 8.42 Å². The van der Waals surface area contributed by atoms with Crippen LogP contribution < -0.4 is 14.8 Å². The third-order valence-electron chi connectivity index (χ3n) is 5.93. The summed E-state index contributed by atoms with van der Waals surface area (Å²) < 4.78 is 38.8. The van der Waals surface area contributed by atoms with Gasteiger partial charge in [0.05, 0.1) is 24.1 Å². The Morgan fingerprint density at radius 1 is 1.15 bits per heavy atom. The molecule has 33 heavy (non-hydrogen) atoms. The number of hydrogen-bond acceptors (Lipinski definition) is 6. The van der Waals surface area contributed by atoms with Gasteiger partial charge in [-0.2, -0.15) is 4.31 Å². The first-order chi connectivity index (χ1) is 15.7. The molecule has 1 atom stereocenters. The molecule has 0 saturated carbocycles. The molecule has 176 valence electrons. The minimum atomic E-state index is -3.78. The number of anilines is 1. The number of benzene rings is 2. The van der Waals surface area contributed by atoms with Gasteiger partial charge in [-0.05, 0) is 43.2 Å². The molecule has 2 aliphatic rings. The number of ether oxygens (including phenoxy) is 2. The van der Waals surface area contributed by atoms with Crippen LogP contribution in [0, 0.1) is 6.92 Å². The number of methoxy groups -OCH3 is 1. The van der Waals surface area contributed by atoms with E-state index >= 15 is 0 Å². The van der Waals surface area contributed by atoms with Crippen LogP contribution in [0.5, 0.6) is 11.5 Å². The number of nitrogens with one attached hydrogen (secondary N) is 1. The molecular formula is C23H27N3O6S. The lowest BCUT2D eigenvalue weighted by atomic mass is 10.1. The highest BCUT2D eigenvalue weighted by Crippen LogP contribution is 2.35. The summed E-state index contributed by atoms with van der Waals surface area (Å²) in [6.45, 7) is 4.35. The van der Waals surface area contributed by atoms with Crippen molar-refractivity contribution in [1.29, 1.82) is 0 Å². The Labute approximate surface area is 193 Å². The topological polar surface area (TPSA) is 105 Å². The second-order valence-electron chi connectivity index (χ2n) is 8.17. The Kier molecular flexibility index (Phi) is 6.31. The number of hydrogen-bond donors (Lipinski definition) is 1. The van der Waals surface area contributed by atoms with E-state index < -0.39 is 16.1 Å². The molecule has 0 aliphatic carbocycles. The van der Waals surface area contributed by atoms with Crippen molar-refractivity contribution in [1.82, 2.24) is 9.21 Å². The van der Waals surface area contributed by atoms with Crippen molar-refractivity contribution in [2.45, 2.75) is 31.3 Å². The largest absolute Gasteiger partial charge is 0.497 e. The number of aryl methyl sites for hydroxylation is 1. The molecule has 4 rings (SSSR count). The third-order valence-corrected chi connectivity index (χ3v) is 7.97. The van der Waals surface area contributed by atoms with Crippen molar-refractivity contribution in [3.8, 4) is 11.5 Å². The second kappa shape index (κ2) is 9.03. The van der Waals surface area contributed by atoms with Crippen LogP contribution in [0.1, 0.15) is 18.1 Å². The van der Waals surface area contributed by atoms with Gasteiger partial charge in [0.25, 0.3) is 5.91 Å². The van der Waals surface area contributed by atoms with Crippen LogP contribution in [-0.4, -0.2) is 68.8 Å². The molecule has 2 amide bonds. The Hall–Kier alpha value is -3.11. The van der Waals surface area contributed by atoms with Crippen molar-refractivity contribution < 1.29 is 27.5 Å². The monoisotopic (exact) mass is 473 g/mol. The van der Waals surface area contributed by atoms with Gasteiger partial charge in [-0.1, -0.05) is 12.1 Å². The minimum Gasteiger partial charge on any atom is -0.497 e. The zero-order valence-electron chi connectivity index (χ0n) is 18.8. The maximum atomic E-state index is 13.3. The molecule has 1 saturated heterocycles. The van der Waals surface area contributed by atoms with E-state index in [9.17, 15) is 18.0 Å². The van der Waals surface area contributed by atoms with Gasteiger partial charge in [-0.15, -0.1) is 0 Å². The quantitative estimate of drug-likeness (QED) is 0.710. The van der Waals surface area contributed by atoms with Crippen LogP contribution in [0.15, 0.2) is 41.3 Å². The molecule has 0 unspecified atom stereocenters. The Morgan fingerprint density at radius 3 is 2.45 bits per heavy atom. The summed E-state index contributed by atoms with van der Waals surface area (Å²) in [5, 5.41) is 2.73. The molecule has 1 N–H and O–H groups in total. The van der Waals surface area contributed by atoms with Crippen molar-refractivity contribution in [2.24, 2.45) is 0 Å². The average Bonchev–Trinajstić information content (AvgIpc) is 2.80. The molecule has 2 aromatic carbocycles. The van der Waals surface area contributed by atoms with Crippen molar-refractivity contribution in [3.63, 3.8) is 0 Å². The van der Waals surface area contributed by atoms with Gasteiger partial charge in [0.1, 0.15) is 11.5 Å². The van der Waals surface area contributed by atoms with Gasteiger partial charge in [-0.3, -0.25) is 9.59 Å². The summed E-state index contributed by atoms with van der Waals surface area (Å²) in [5.41, 5.74) is 1.86. The van der Waals surface area contributed by atoms with Crippen LogP contribution in [0.25, 0.3) is 0 Å². The van der Waals surface area contributed by atoms with E-state index in [0.717, 1.165) is 11.3 Å². The summed E-state index contributed by atoms with van der Waals surface area (Å²) in [6, 6.07) is 10.4. The summed E-state index contributed by atoms with van der Waals surface area (Å²) >= 11 is 0. The van der Waals surface area contributed by atoms with Crippen molar-refractivity contribution in [3.05, 3.63) is 47.5 Å². The van der Waals surface area contributed by atoms with Crippen molar-refractivity contribution >= 4 is 27.5 Å². The fraction of sp³-hybridized carbons (Fsp3) is 0.391. The standard InChI is InChI=1S/C23H27N3O6S/c1-15-12-19-20(32-16(2)23(28)24-19)14-21(15)33(29,30)26-10-8-25(9-11-26)22(27)13-17-4-6-18(31-3)7-5-17/h4-7,12,14,16H,8-11,13H2,1-3H3,(H,24,28)/t16-/m1/s1. The van der Waals surface area contributed by atoms with E-state index in [1.165, 1.54) is 10.4 Å². The third kappa shape index (κ3) is 4.67. The molecule has 0 spiro atoms. The number of piperazine rings is 1. The number of sulfonamides is 1. The predicted molar refractivity (Wildman–Crippen MR) is 122 cm³/mol. The summed E-state index contributed by atoms with van der Waals surface area (Å²) in [7, 11) is -2.20. The molecule has 10 heteroatoms. The lowest BCUT2D eigenvalue weighted by Crippen LogP contribution is -2.51. The first-order valence-corrected chi connectivity index (χ1v) is 12.2. The smallest absolute Gasteiger partial charge is 0.265 e. The number of fused-ring (bicyclic) bond motifs is 1. The average molecular weight is 474 g/mol. The van der Waals surface area contributed by atoms with Gasteiger partial charge in [0.2, 0.25) is 15.9 Å². The van der Waals surface area contributed by atoms with Crippen LogP contribution in [0.3, 0.4) is 0 Å². The fourth-order valence-corrected chi connectivity index (χ4v) is 5.61. The van der Waals surface area contributed by atoms with E-state index in [0.29, 0.717) is 30.1 Å². The van der Waals surface area contributed by atoms with Crippen LogP contribution in [0.4, 0.5) is 5.69 Å². The molecule has 9 nitrogen and oxygen atoms in total. The normalized spacial score (nSPS) is 18.8. The van der Waals surface area contributed by atoms with Gasteiger partial charge in [0, 0.05) is 32.2 Å². The first-order valence-electron chi connectivity index (χ1n) is 10.7. The van der Waals surface area contributed by atoms with E-state index in [-0.39, 0.29) is 36.2 Å². The SMILES string of the molecule is COc1ccc(CC(=O)N2CCN(S(=O)(=O)c3cc4c(cc3C)NC(=O)[C@@H](C)O4)CC2)cc1. The number of amides is 2. The highest BCUT2D eigenvalue weighted by Gasteiger charge is 2.33. The fourth-order valence-electron chi connectivity index (χ4n) is 3.97. The van der Waals surface area contributed by atoms with Crippen LogP contribution >= 0.6 is 0 Å². The maximum absolute atomic E-state index is 13.3. The van der Waals surface area contributed by atoms with E-state index in [4.69, 9.17) is 9.47 Å². The highest BCUT2D eigenvalue weighted by atomic mass is 32.2. The van der Waals surface area contributed by atoms with Crippen LogP contribution in [0.2, 0.25) is 0 Å². The predicted octanol–water partition coefficient (Wildman–Crippen LogP) is 1.80. The summed E-state index contributed by atoms with van der Waals surface area (Å²) in [5.74, 6) is 0.748.